The highest BCUT2D eigenvalue weighted by Gasteiger charge is 2.12. The Morgan fingerprint density at radius 2 is 1.86 bits per heavy atom. The predicted molar refractivity (Wildman–Crippen MR) is 87.5 cm³/mol. The number of anilines is 2. The number of aromatic nitrogens is 1. The van der Waals surface area contributed by atoms with E-state index in [0.29, 0.717) is 11.3 Å². The zero-order valence-electron chi connectivity index (χ0n) is 12.5. The lowest BCUT2D eigenvalue weighted by atomic mass is 10.1. The monoisotopic (exact) mass is 292 g/mol. The summed E-state index contributed by atoms with van der Waals surface area (Å²) in [6.45, 7) is 2.03. The highest BCUT2D eigenvalue weighted by Crippen LogP contribution is 2.28. The third-order valence-electron chi connectivity index (χ3n) is 3.57. The Balaban J connectivity index is 2.08. The molecule has 3 rings (SSSR count). The topological polar surface area (TPSA) is 51.2 Å². The summed E-state index contributed by atoms with van der Waals surface area (Å²) in [5, 5.41) is 4.33. The smallest absolute Gasteiger partial charge is 0.339 e. The van der Waals surface area contributed by atoms with Crippen LogP contribution >= 0.6 is 0 Å². The van der Waals surface area contributed by atoms with E-state index in [9.17, 15) is 4.79 Å². The molecular weight excluding hydrogens is 276 g/mol. The van der Waals surface area contributed by atoms with Crippen LogP contribution in [0.2, 0.25) is 0 Å². The van der Waals surface area contributed by atoms with Gasteiger partial charge >= 0.3 is 5.97 Å². The van der Waals surface area contributed by atoms with Gasteiger partial charge in [0.2, 0.25) is 0 Å². The molecule has 0 bridgehead atoms. The average Bonchev–Trinajstić information content (AvgIpc) is 2.56. The molecule has 0 aliphatic heterocycles. The Bertz CT molecular complexity index is 843. The molecule has 0 unspecified atom stereocenters. The first-order chi connectivity index (χ1) is 10.7. The number of nitrogens with zero attached hydrogens (tertiary/aromatic N) is 1. The van der Waals surface area contributed by atoms with E-state index in [-0.39, 0.29) is 5.97 Å². The summed E-state index contributed by atoms with van der Waals surface area (Å²) < 4.78 is 4.83. The van der Waals surface area contributed by atoms with Gasteiger partial charge in [-0.15, -0.1) is 0 Å². The van der Waals surface area contributed by atoms with Crippen molar-refractivity contribution >= 4 is 28.2 Å². The number of hydrogen-bond donors (Lipinski definition) is 1. The van der Waals surface area contributed by atoms with Gasteiger partial charge in [0.25, 0.3) is 0 Å². The van der Waals surface area contributed by atoms with Crippen LogP contribution in [0.5, 0.6) is 0 Å². The summed E-state index contributed by atoms with van der Waals surface area (Å²) in [4.78, 5) is 16.3. The average molecular weight is 292 g/mol. The molecule has 110 valence electrons. The summed E-state index contributed by atoms with van der Waals surface area (Å²) in [6, 6.07) is 15.2. The number of carbonyl (C=O) groups is 1. The summed E-state index contributed by atoms with van der Waals surface area (Å²) in [5.74, 6) is -0.363. The second kappa shape index (κ2) is 5.85. The minimum atomic E-state index is -0.363. The zero-order chi connectivity index (χ0) is 15.5. The maximum Gasteiger partial charge on any atom is 0.339 e. The SMILES string of the molecule is COC(=O)c1ccccc1Nc1ccnc2c(C)cccc12. The number of methoxy groups -OCH3 is 1. The predicted octanol–water partition coefficient (Wildman–Crippen LogP) is 4.07. The van der Waals surface area contributed by atoms with Crippen LogP contribution in [0.3, 0.4) is 0 Å². The molecule has 0 saturated heterocycles. The number of ether oxygens (including phenoxy) is 1. The second-order valence-electron chi connectivity index (χ2n) is 4.99. The number of carbonyl (C=O) groups excluding carboxylic acids is 1. The highest BCUT2D eigenvalue weighted by molar-refractivity contribution is 5.99. The first kappa shape index (κ1) is 14.1. The molecule has 0 aliphatic carbocycles. The van der Waals surface area contributed by atoms with E-state index in [2.05, 4.69) is 10.3 Å². The van der Waals surface area contributed by atoms with Crippen LogP contribution < -0.4 is 5.32 Å². The minimum absolute atomic E-state index is 0.363. The van der Waals surface area contributed by atoms with Gasteiger partial charge in [0.1, 0.15) is 0 Å². The van der Waals surface area contributed by atoms with Crippen LogP contribution in [-0.4, -0.2) is 18.1 Å². The molecule has 1 aromatic heterocycles. The van der Waals surface area contributed by atoms with E-state index in [1.165, 1.54) is 7.11 Å². The number of pyridine rings is 1. The van der Waals surface area contributed by atoms with Crippen LogP contribution in [0.25, 0.3) is 10.9 Å². The minimum Gasteiger partial charge on any atom is -0.465 e. The standard InChI is InChI=1S/C18H16N2O2/c1-12-6-5-8-13-16(10-11-19-17(12)13)20-15-9-4-3-7-14(15)18(21)22-2/h3-11H,1-2H3,(H,19,20). The Morgan fingerprint density at radius 1 is 1.05 bits per heavy atom. The van der Waals surface area contributed by atoms with Crippen molar-refractivity contribution in [2.45, 2.75) is 6.92 Å². The van der Waals surface area contributed by atoms with Crippen LogP contribution in [0, 0.1) is 6.92 Å². The van der Waals surface area contributed by atoms with Crippen molar-refractivity contribution in [2.24, 2.45) is 0 Å². The fraction of sp³-hybridized carbons (Fsp3) is 0.111. The van der Waals surface area contributed by atoms with Crippen molar-refractivity contribution in [3.8, 4) is 0 Å². The lowest BCUT2D eigenvalue weighted by Crippen LogP contribution is -2.05. The fourth-order valence-corrected chi connectivity index (χ4v) is 2.46. The molecule has 0 spiro atoms. The third-order valence-corrected chi connectivity index (χ3v) is 3.57. The van der Waals surface area contributed by atoms with Crippen molar-refractivity contribution in [1.82, 2.24) is 4.98 Å². The van der Waals surface area contributed by atoms with E-state index in [1.807, 2.05) is 49.4 Å². The number of aryl methyl sites for hydroxylation is 1. The molecule has 0 amide bonds. The Morgan fingerprint density at radius 3 is 2.68 bits per heavy atom. The lowest BCUT2D eigenvalue weighted by molar-refractivity contribution is 0.0602. The largest absolute Gasteiger partial charge is 0.465 e. The number of esters is 1. The molecule has 1 N–H and O–H groups in total. The molecule has 4 heteroatoms. The van der Waals surface area contributed by atoms with Gasteiger partial charge in [0, 0.05) is 17.3 Å². The van der Waals surface area contributed by atoms with Gasteiger partial charge in [0.15, 0.2) is 0 Å². The van der Waals surface area contributed by atoms with Crippen LogP contribution in [0.15, 0.2) is 54.7 Å². The van der Waals surface area contributed by atoms with Gasteiger partial charge in [-0.05, 0) is 30.7 Å². The first-order valence-electron chi connectivity index (χ1n) is 6.99. The Hall–Kier alpha value is -2.88. The molecule has 22 heavy (non-hydrogen) atoms. The van der Waals surface area contributed by atoms with Crippen molar-refractivity contribution in [3.05, 3.63) is 65.9 Å². The highest BCUT2D eigenvalue weighted by atomic mass is 16.5. The second-order valence-corrected chi connectivity index (χ2v) is 4.99. The molecule has 0 radical (unpaired) electrons. The molecule has 0 aliphatic rings. The molecule has 0 atom stereocenters. The fourth-order valence-electron chi connectivity index (χ4n) is 2.46. The number of hydrogen-bond acceptors (Lipinski definition) is 4. The maximum absolute atomic E-state index is 11.9. The maximum atomic E-state index is 11.9. The van der Waals surface area contributed by atoms with E-state index >= 15 is 0 Å². The summed E-state index contributed by atoms with van der Waals surface area (Å²) in [5.41, 5.74) is 4.18. The third kappa shape index (κ3) is 2.51. The lowest BCUT2D eigenvalue weighted by Gasteiger charge is -2.13. The van der Waals surface area contributed by atoms with Crippen LogP contribution in [-0.2, 0) is 4.74 Å². The van der Waals surface area contributed by atoms with Crippen LogP contribution in [0.4, 0.5) is 11.4 Å². The quantitative estimate of drug-likeness (QED) is 0.739. The normalized spacial score (nSPS) is 10.5. The number of fused-ring (bicyclic) bond motifs is 1. The van der Waals surface area contributed by atoms with Crippen molar-refractivity contribution in [1.29, 1.82) is 0 Å². The summed E-state index contributed by atoms with van der Waals surface area (Å²) >= 11 is 0. The first-order valence-corrected chi connectivity index (χ1v) is 6.99. The zero-order valence-corrected chi connectivity index (χ0v) is 12.5. The van der Waals surface area contributed by atoms with Gasteiger partial charge in [-0.3, -0.25) is 4.98 Å². The number of rotatable bonds is 3. The van der Waals surface area contributed by atoms with Gasteiger partial charge in [-0.1, -0.05) is 30.3 Å². The van der Waals surface area contributed by atoms with Crippen molar-refractivity contribution in [2.75, 3.05) is 12.4 Å². The van der Waals surface area contributed by atoms with Gasteiger partial charge in [0.05, 0.1) is 23.9 Å². The van der Waals surface area contributed by atoms with E-state index < -0.39 is 0 Å². The number of para-hydroxylation sites is 2. The van der Waals surface area contributed by atoms with Gasteiger partial charge < -0.3 is 10.1 Å². The van der Waals surface area contributed by atoms with Gasteiger partial charge in [-0.2, -0.15) is 0 Å². The number of benzene rings is 2. The Labute approximate surface area is 128 Å². The van der Waals surface area contributed by atoms with Crippen molar-refractivity contribution < 1.29 is 9.53 Å². The molecule has 3 aromatic rings. The number of nitrogens with one attached hydrogen (secondary N) is 1. The molecule has 2 aromatic carbocycles. The van der Waals surface area contributed by atoms with Gasteiger partial charge in [-0.25, -0.2) is 4.79 Å². The summed E-state index contributed by atoms with van der Waals surface area (Å²) in [7, 11) is 1.38. The molecule has 0 saturated carbocycles. The van der Waals surface area contributed by atoms with E-state index in [1.54, 1.807) is 12.3 Å². The molecule has 0 fully saturated rings. The van der Waals surface area contributed by atoms with Crippen LogP contribution in [0.1, 0.15) is 15.9 Å². The Kier molecular flexibility index (Phi) is 3.74. The molecule has 4 nitrogen and oxygen atoms in total. The van der Waals surface area contributed by atoms with Crippen molar-refractivity contribution in [3.63, 3.8) is 0 Å². The molecular formula is C18H16N2O2. The summed E-state index contributed by atoms with van der Waals surface area (Å²) in [6.07, 6.45) is 1.76. The van der Waals surface area contributed by atoms with E-state index in [4.69, 9.17) is 4.74 Å². The molecule has 1 heterocycles. The van der Waals surface area contributed by atoms with E-state index in [0.717, 1.165) is 22.2 Å².